The Morgan fingerprint density at radius 1 is 1.46 bits per heavy atom. The number of halogens is 1. The molecule has 0 aromatic carbocycles. The highest BCUT2D eigenvalue weighted by Crippen LogP contribution is 2.26. The van der Waals surface area contributed by atoms with Gasteiger partial charge in [0.1, 0.15) is 5.60 Å². The van der Waals surface area contributed by atoms with Gasteiger partial charge in [0.2, 0.25) is 0 Å². The summed E-state index contributed by atoms with van der Waals surface area (Å²) in [5.41, 5.74) is -0.406. The lowest BCUT2D eigenvalue weighted by Gasteiger charge is -2.24. The molecular formula is C8H13BrN2OS. The number of hydrogen-bond acceptors (Lipinski definition) is 4. The lowest BCUT2D eigenvalue weighted by molar-refractivity contribution is -0.0649. The van der Waals surface area contributed by atoms with Crippen molar-refractivity contribution in [3.63, 3.8) is 0 Å². The van der Waals surface area contributed by atoms with E-state index in [4.69, 9.17) is 4.74 Å². The Morgan fingerprint density at radius 2 is 2.08 bits per heavy atom. The van der Waals surface area contributed by atoms with Crippen LogP contribution in [0.25, 0.3) is 0 Å². The van der Waals surface area contributed by atoms with E-state index in [1.54, 1.807) is 0 Å². The largest absolute Gasteiger partial charge is 0.365 e. The minimum Gasteiger partial charge on any atom is -0.365 e. The molecule has 1 aromatic rings. The Labute approximate surface area is 90.8 Å². The van der Waals surface area contributed by atoms with Gasteiger partial charge in [-0.15, -0.1) is 0 Å². The molecule has 13 heavy (non-hydrogen) atoms. The predicted molar refractivity (Wildman–Crippen MR) is 56.9 cm³/mol. The van der Waals surface area contributed by atoms with Crippen LogP contribution in [0.2, 0.25) is 0 Å². The molecule has 0 aliphatic carbocycles. The second-order valence-corrected chi connectivity index (χ2v) is 5.58. The highest BCUT2D eigenvalue weighted by molar-refractivity contribution is 9.11. The zero-order valence-electron chi connectivity index (χ0n) is 8.17. The molecule has 1 rings (SSSR count). The second-order valence-electron chi connectivity index (χ2n) is 3.55. The third-order valence-corrected chi connectivity index (χ3v) is 2.59. The van der Waals surface area contributed by atoms with E-state index < -0.39 is 5.60 Å². The lowest BCUT2D eigenvalue weighted by Crippen LogP contribution is -2.26. The Hall–Kier alpha value is -0.0000000000000000555. The lowest BCUT2D eigenvalue weighted by atomic mass is 10.1. The van der Waals surface area contributed by atoms with Crippen LogP contribution in [0.1, 0.15) is 33.5 Å². The maximum atomic E-state index is 5.70. The molecule has 1 heterocycles. The fourth-order valence-corrected chi connectivity index (χ4v) is 2.03. The average molecular weight is 265 g/mol. The van der Waals surface area contributed by atoms with Gasteiger partial charge < -0.3 is 4.74 Å². The first-order valence-electron chi connectivity index (χ1n) is 4.09. The molecule has 0 unspecified atom stereocenters. The van der Waals surface area contributed by atoms with Crippen LogP contribution < -0.4 is 0 Å². The van der Waals surface area contributed by atoms with Crippen molar-refractivity contribution in [3.8, 4) is 0 Å². The van der Waals surface area contributed by atoms with Crippen LogP contribution in [-0.2, 0) is 10.3 Å². The maximum Gasteiger partial charge on any atom is 0.179 e. The maximum absolute atomic E-state index is 5.70. The zero-order chi connectivity index (χ0) is 10.1. The minimum atomic E-state index is -0.406. The SMILES string of the molecule is CC(C)OC(C)(C)c1nsc(Br)n1. The number of ether oxygens (including phenoxy) is 1. The molecule has 0 N–H and O–H groups in total. The molecule has 0 aliphatic heterocycles. The summed E-state index contributed by atoms with van der Waals surface area (Å²) in [6.45, 7) is 7.95. The van der Waals surface area contributed by atoms with Crippen LogP contribution in [0.15, 0.2) is 3.92 Å². The normalized spacial score (nSPS) is 12.5. The molecule has 0 atom stereocenters. The molecule has 74 valence electrons. The van der Waals surface area contributed by atoms with Gasteiger partial charge in [-0.3, -0.25) is 0 Å². The molecule has 0 spiro atoms. The first-order chi connectivity index (χ1) is 5.92. The average Bonchev–Trinajstić information content (AvgIpc) is 2.32. The van der Waals surface area contributed by atoms with Gasteiger partial charge in [0, 0.05) is 0 Å². The summed E-state index contributed by atoms with van der Waals surface area (Å²) in [6.07, 6.45) is 0.178. The Bertz CT molecular complexity index is 285. The summed E-state index contributed by atoms with van der Waals surface area (Å²) in [7, 11) is 0. The summed E-state index contributed by atoms with van der Waals surface area (Å²) in [4.78, 5) is 4.23. The molecule has 1 aromatic heterocycles. The Morgan fingerprint density at radius 3 is 2.46 bits per heavy atom. The fourth-order valence-electron chi connectivity index (χ4n) is 1.09. The fraction of sp³-hybridized carbons (Fsp3) is 0.750. The van der Waals surface area contributed by atoms with Crippen molar-refractivity contribution in [1.29, 1.82) is 0 Å². The molecule has 0 amide bonds. The van der Waals surface area contributed by atoms with Crippen molar-refractivity contribution in [1.82, 2.24) is 9.36 Å². The van der Waals surface area contributed by atoms with Crippen molar-refractivity contribution in [2.75, 3.05) is 0 Å². The summed E-state index contributed by atoms with van der Waals surface area (Å²) in [5, 5.41) is 0. The topological polar surface area (TPSA) is 35.0 Å². The molecule has 5 heteroatoms. The zero-order valence-corrected chi connectivity index (χ0v) is 10.6. The van der Waals surface area contributed by atoms with E-state index in [9.17, 15) is 0 Å². The molecule has 0 saturated heterocycles. The van der Waals surface area contributed by atoms with E-state index in [2.05, 4.69) is 25.3 Å². The van der Waals surface area contributed by atoms with Gasteiger partial charge in [-0.2, -0.15) is 4.37 Å². The van der Waals surface area contributed by atoms with Crippen molar-refractivity contribution < 1.29 is 4.74 Å². The molecule has 0 radical (unpaired) electrons. The van der Waals surface area contributed by atoms with Crippen LogP contribution in [-0.4, -0.2) is 15.5 Å². The van der Waals surface area contributed by atoms with Gasteiger partial charge in [0.05, 0.1) is 6.10 Å². The molecule has 0 saturated carbocycles. The number of nitrogens with zero attached hydrogens (tertiary/aromatic N) is 2. The predicted octanol–water partition coefficient (Wildman–Crippen LogP) is 2.96. The Kier molecular flexibility index (Phi) is 3.43. The van der Waals surface area contributed by atoms with Crippen LogP contribution in [0.4, 0.5) is 0 Å². The van der Waals surface area contributed by atoms with Crippen molar-refractivity contribution in [2.45, 2.75) is 39.4 Å². The number of rotatable bonds is 3. The van der Waals surface area contributed by atoms with E-state index in [1.807, 2.05) is 27.7 Å². The highest BCUT2D eigenvalue weighted by Gasteiger charge is 2.27. The van der Waals surface area contributed by atoms with Gasteiger partial charge in [-0.1, -0.05) is 0 Å². The summed E-state index contributed by atoms with van der Waals surface area (Å²) >= 11 is 4.61. The second kappa shape index (κ2) is 4.02. The van der Waals surface area contributed by atoms with E-state index in [1.165, 1.54) is 11.5 Å². The van der Waals surface area contributed by atoms with Crippen LogP contribution in [0.5, 0.6) is 0 Å². The van der Waals surface area contributed by atoms with E-state index in [-0.39, 0.29) is 6.10 Å². The first-order valence-corrected chi connectivity index (χ1v) is 5.66. The van der Waals surface area contributed by atoms with Crippen LogP contribution in [0, 0.1) is 0 Å². The number of hydrogen-bond donors (Lipinski definition) is 0. The third kappa shape index (κ3) is 3.00. The van der Waals surface area contributed by atoms with Crippen molar-refractivity contribution in [2.24, 2.45) is 0 Å². The molecular weight excluding hydrogens is 252 g/mol. The molecule has 0 bridgehead atoms. The van der Waals surface area contributed by atoms with E-state index in [0.717, 1.165) is 9.74 Å². The highest BCUT2D eigenvalue weighted by atomic mass is 79.9. The van der Waals surface area contributed by atoms with Crippen molar-refractivity contribution >= 4 is 27.5 Å². The van der Waals surface area contributed by atoms with E-state index >= 15 is 0 Å². The smallest absolute Gasteiger partial charge is 0.179 e. The quantitative estimate of drug-likeness (QED) is 0.842. The van der Waals surface area contributed by atoms with Gasteiger partial charge >= 0.3 is 0 Å². The number of aromatic nitrogens is 2. The monoisotopic (exact) mass is 264 g/mol. The van der Waals surface area contributed by atoms with Crippen LogP contribution in [0.3, 0.4) is 0 Å². The van der Waals surface area contributed by atoms with Gasteiger partial charge in [-0.25, -0.2) is 4.98 Å². The first kappa shape index (κ1) is 11.1. The third-order valence-electron chi connectivity index (χ3n) is 1.47. The Balaban J connectivity index is 2.80. The van der Waals surface area contributed by atoms with Gasteiger partial charge in [0.15, 0.2) is 9.74 Å². The minimum absolute atomic E-state index is 0.178. The molecule has 3 nitrogen and oxygen atoms in total. The summed E-state index contributed by atoms with van der Waals surface area (Å²) in [6, 6.07) is 0. The van der Waals surface area contributed by atoms with E-state index in [0.29, 0.717) is 0 Å². The summed E-state index contributed by atoms with van der Waals surface area (Å²) in [5.74, 6) is 0.734. The molecule has 0 aliphatic rings. The standard InChI is InChI=1S/C8H13BrN2OS/c1-5(2)12-8(3,4)6-10-7(9)13-11-6/h5H,1-4H3. The van der Waals surface area contributed by atoms with Gasteiger partial charge in [0.25, 0.3) is 0 Å². The van der Waals surface area contributed by atoms with Crippen LogP contribution >= 0.6 is 27.5 Å². The molecule has 0 fully saturated rings. The summed E-state index contributed by atoms with van der Waals surface area (Å²) < 4.78 is 10.7. The van der Waals surface area contributed by atoms with Gasteiger partial charge in [-0.05, 0) is 55.2 Å². The van der Waals surface area contributed by atoms with Crippen molar-refractivity contribution in [3.05, 3.63) is 9.74 Å².